The molecule has 3 heterocycles. The van der Waals surface area contributed by atoms with E-state index in [1.54, 1.807) is 29.1 Å². The number of hydrogen-bond donors (Lipinski definition) is 1. The SMILES string of the molecule is CS(=O)(=O)NCCc1ccc(C(=O)CSc2ncnc3c2cnn3-c2ccc(F)cc2)s1. The summed E-state index contributed by atoms with van der Waals surface area (Å²) in [6.07, 6.45) is 4.67. The van der Waals surface area contributed by atoms with E-state index in [0.29, 0.717) is 39.6 Å². The van der Waals surface area contributed by atoms with Crippen LogP contribution in [0.4, 0.5) is 4.39 Å². The number of fused-ring (bicyclic) bond motifs is 1. The Kier molecular flexibility index (Phi) is 6.65. The van der Waals surface area contributed by atoms with Gasteiger partial charge in [-0.2, -0.15) is 5.10 Å². The average Bonchev–Trinajstić information content (AvgIpc) is 3.39. The molecule has 0 saturated carbocycles. The molecule has 8 nitrogen and oxygen atoms in total. The van der Waals surface area contributed by atoms with Crippen LogP contribution in [0.1, 0.15) is 14.5 Å². The summed E-state index contributed by atoms with van der Waals surface area (Å²) in [4.78, 5) is 22.8. The Morgan fingerprint density at radius 2 is 1.97 bits per heavy atom. The van der Waals surface area contributed by atoms with Crippen LogP contribution in [-0.4, -0.2) is 52.5 Å². The van der Waals surface area contributed by atoms with E-state index in [2.05, 4.69) is 19.8 Å². The van der Waals surface area contributed by atoms with Crippen molar-refractivity contribution in [1.82, 2.24) is 24.5 Å². The van der Waals surface area contributed by atoms with Crippen LogP contribution in [0.25, 0.3) is 16.7 Å². The third-order valence-corrected chi connectivity index (χ3v) is 7.33. The Hall–Kier alpha value is -2.67. The van der Waals surface area contributed by atoms with E-state index >= 15 is 0 Å². The fourth-order valence-corrected chi connectivity index (χ4v) is 5.29. The zero-order chi connectivity index (χ0) is 22.7. The van der Waals surface area contributed by atoms with E-state index in [-0.39, 0.29) is 17.4 Å². The number of Topliss-reactive ketones (excluding diaryl/α,β-unsaturated/α-hetero) is 1. The molecule has 32 heavy (non-hydrogen) atoms. The van der Waals surface area contributed by atoms with Crippen LogP contribution in [0.3, 0.4) is 0 Å². The maximum atomic E-state index is 13.2. The minimum Gasteiger partial charge on any atom is -0.292 e. The molecule has 1 aromatic carbocycles. The largest absolute Gasteiger partial charge is 0.292 e. The number of carbonyl (C=O) groups excluding carboxylic acids is 1. The van der Waals surface area contributed by atoms with Crippen molar-refractivity contribution < 1.29 is 17.6 Å². The molecule has 0 atom stereocenters. The Balaban J connectivity index is 1.43. The number of thiophene rings is 1. The fourth-order valence-electron chi connectivity index (χ4n) is 2.94. The van der Waals surface area contributed by atoms with Crippen LogP contribution in [-0.2, 0) is 16.4 Å². The topological polar surface area (TPSA) is 107 Å². The molecule has 0 fully saturated rings. The normalized spacial score (nSPS) is 11.8. The molecule has 12 heteroatoms. The smallest absolute Gasteiger partial charge is 0.208 e. The van der Waals surface area contributed by atoms with Crippen LogP contribution in [0, 0.1) is 5.82 Å². The minimum atomic E-state index is -3.23. The first-order chi connectivity index (χ1) is 15.3. The van der Waals surface area contributed by atoms with E-state index < -0.39 is 10.0 Å². The molecule has 166 valence electrons. The second kappa shape index (κ2) is 9.45. The summed E-state index contributed by atoms with van der Waals surface area (Å²) in [6, 6.07) is 9.52. The number of aromatic nitrogens is 4. The van der Waals surface area contributed by atoms with Gasteiger partial charge in [-0.05, 0) is 42.8 Å². The number of sulfonamides is 1. The van der Waals surface area contributed by atoms with E-state index in [1.807, 2.05) is 6.07 Å². The zero-order valence-electron chi connectivity index (χ0n) is 16.9. The third-order valence-electron chi connectivity index (χ3n) is 4.41. The van der Waals surface area contributed by atoms with Crippen LogP contribution in [0.5, 0.6) is 0 Å². The lowest BCUT2D eigenvalue weighted by Gasteiger charge is -2.04. The molecule has 0 bridgehead atoms. The minimum absolute atomic E-state index is 0.0417. The van der Waals surface area contributed by atoms with Crippen molar-refractivity contribution in [3.05, 3.63) is 64.5 Å². The molecule has 0 radical (unpaired) electrons. The molecular formula is C20H18FN5O3S3. The molecule has 0 aliphatic rings. The summed E-state index contributed by atoms with van der Waals surface area (Å²) >= 11 is 2.65. The Labute approximate surface area is 191 Å². The van der Waals surface area contributed by atoms with Crippen molar-refractivity contribution in [2.45, 2.75) is 11.4 Å². The number of carbonyl (C=O) groups is 1. The molecule has 0 spiro atoms. The maximum absolute atomic E-state index is 13.2. The molecular weight excluding hydrogens is 473 g/mol. The summed E-state index contributed by atoms with van der Waals surface area (Å²) < 4.78 is 39.5. The molecule has 0 unspecified atom stereocenters. The maximum Gasteiger partial charge on any atom is 0.208 e. The molecule has 0 saturated heterocycles. The molecule has 4 rings (SSSR count). The monoisotopic (exact) mass is 491 g/mol. The van der Waals surface area contributed by atoms with Gasteiger partial charge in [0.15, 0.2) is 11.4 Å². The summed E-state index contributed by atoms with van der Waals surface area (Å²) in [5.74, 6) is -0.187. The average molecular weight is 492 g/mol. The van der Waals surface area contributed by atoms with Crippen molar-refractivity contribution in [2.75, 3.05) is 18.6 Å². The molecule has 3 aromatic heterocycles. The lowest BCUT2D eigenvalue weighted by molar-refractivity contribution is 0.102. The number of rotatable bonds is 9. The van der Waals surface area contributed by atoms with E-state index in [9.17, 15) is 17.6 Å². The van der Waals surface area contributed by atoms with Gasteiger partial charge in [0.25, 0.3) is 0 Å². The second-order valence-corrected chi connectivity index (χ2v) is 10.8. The predicted octanol–water partition coefficient (Wildman–Crippen LogP) is 3.08. The summed E-state index contributed by atoms with van der Waals surface area (Å²) in [7, 11) is -3.23. The highest BCUT2D eigenvalue weighted by molar-refractivity contribution is 8.00. The number of halogens is 1. The third kappa shape index (κ3) is 5.38. The second-order valence-electron chi connectivity index (χ2n) is 6.84. The zero-order valence-corrected chi connectivity index (χ0v) is 19.3. The van der Waals surface area contributed by atoms with Crippen LogP contribution >= 0.6 is 23.1 Å². The summed E-state index contributed by atoms with van der Waals surface area (Å²) in [5.41, 5.74) is 1.24. The lowest BCUT2D eigenvalue weighted by Crippen LogP contribution is -2.23. The van der Waals surface area contributed by atoms with Gasteiger partial charge < -0.3 is 0 Å². The number of benzene rings is 1. The van der Waals surface area contributed by atoms with Gasteiger partial charge in [0.1, 0.15) is 17.2 Å². The van der Waals surface area contributed by atoms with Crippen LogP contribution in [0.2, 0.25) is 0 Å². The van der Waals surface area contributed by atoms with Crippen molar-refractivity contribution in [3.8, 4) is 5.69 Å². The summed E-state index contributed by atoms with van der Waals surface area (Å²) in [6.45, 7) is 0.290. The van der Waals surface area contributed by atoms with Crippen LogP contribution in [0.15, 0.2) is 53.9 Å². The molecule has 1 N–H and O–H groups in total. The van der Waals surface area contributed by atoms with Crippen LogP contribution < -0.4 is 4.72 Å². The van der Waals surface area contributed by atoms with Gasteiger partial charge in [0, 0.05) is 11.4 Å². The summed E-state index contributed by atoms with van der Waals surface area (Å²) in [5, 5.41) is 5.67. The van der Waals surface area contributed by atoms with E-state index in [4.69, 9.17) is 0 Å². The van der Waals surface area contributed by atoms with Gasteiger partial charge in [-0.3, -0.25) is 4.79 Å². The van der Waals surface area contributed by atoms with Gasteiger partial charge >= 0.3 is 0 Å². The molecule has 4 aromatic rings. The molecule has 0 amide bonds. The number of hydrogen-bond acceptors (Lipinski definition) is 8. The highest BCUT2D eigenvalue weighted by atomic mass is 32.2. The number of ketones is 1. The number of nitrogens with one attached hydrogen (secondary N) is 1. The number of thioether (sulfide) groups is 1. The fraction of sp³-hybridized carbons (Fsp3) is 0.200. The van der Waals surface area contributed by atoms with Gasteiger partial charge in [0.2, 0.25) is 10.0 Å². The predicted molar refractivity (Wildman–Crippen MR) is 123 cm³/mol. The van der Waals surface area contributed by atoms with Crippen molar-refractivity contribution in [1.29, 1.82) is 0 Å². The van der Waals surface area contributed by atoms with Gasteiger partial charge in [-0.15, -0.1) is 11.3 Å². The molecule has 0 aliphatic heterocycles. The van der Waals surface area contributed by atoms with Crippen molar-refractivity contribution in [2.24, 2.45) is 0 Å². The quantitative estimate of drug-likeness (QED) is 0.218. The first-order valence-corrected chi connectivity index (χ1v) is 13.1. The van der Waals surface area contributed by atoms with Crippen molar-refractivity contribution >= 4 is 49.9 Å². The Morgan fingerprint density at radius 3 is 2.72 bits per heavy atom. The van der Waals surface area contributed by atoms with Crippen molar-refractivity contribution in [3.63, 3.8) is 0 Å². The first kappa shape index (κ1) is 22.5. The lowest BCUT2D eigenvalue weighted by atomic mass is 10.3. The highest BCUT2D eigenvalue weighted by Crippen LogP contribution is 2.27. The van der Waals surface area contributed by atoms with E-state index in [1.165, 1.54) is 41.6 Å². The van der Waals surface area contributed by atoms with E-state index in [0.717, 1.165) is 11.1 Å². The van der Waals surface area contributed by atoms with Gasteiger partial charge in [-0.1, -0.05) is 11.8 Å². The standard InChI is InChI=1S/C20H18FN5O3S3/c1-32(28,29)25-9-8-15-6-7-18(31-15)17(27)11-30-20-16-10-24-26(19(16)22-12-23-20)14-4-2-13(21)3-5-14/h2-7,10,12,25H,8-9,11H2,1H3. The Bertz CT molecular complexity index is 1370. The Morgan fingerprint density at radius 1 is 1.19 bits per heavy atom. The van der Waals surface area contributed by atoms with Gasteiger partial charge in [0.05, 0.1) is 34.2 Å². The van der Waals surface area contributed by atoms with Gasteiger partial charge in [-0.25, -0.2) is 32.2 Å². The highest BCUT2D eigenvalue weighted by Gasteiger charge is 2.15. The number of nitrogens with zero attached hydrogens (tertiary/aromatic N) is 4. The first-order valence-electron chi connectivity index (χ1n) is 9.44. The molecule has 0 aliphatic carbocycles.